The summed E-state index contributed by atoms with van der Waals surface area (Å²) in [6, 6.07) is 98.4. The molecule has 15 rings (SSSR count). The van der Waals surface area contributed by atoms with Crippen molar-refractivity contribution < 1.29 is 25.2 Å². The van der Waals surface area contributed by atoms with Crippen molar-refractivity contribution in [2.45, 2.75) is 77.4 Å². The molecule has 0 spiro atoms. The number of rotatable bonds is 8. The largest absolute Gasteiger partial charge is 0.0622 e. The maximum absolute atomic E-state index is 6.23. The molecular formula is C80H72BCl5N4O2P2Pd. The van der Waals surface area contributed by atoms with Gasteiger partial charge in [0.15, 0.2) is 0 Å². The van der Waals surface area contributed by atoms with Crippen LogP contribution in [0.5, 0.6) is 0 Å². The van der Waals surface area contributed by atoms with Gasteiger partial charge in [0.05, 0.1) is 16.9 Å². The van der Waals surface area contributed by atoms with Crippen molar-refractivity contribution in [2.24, 2.45) is 0 Å². The molecule has 2 aromatic heterocycles. The first-order valence-electron chi connectivity index (χ1n) is 31.0. The van der Waals surface area contributed by atoms with Crippen molar-refractivity contribution in [3.63, 3.8) is 0 Å². The van der Waals surface area contributed by atoms with E-state index in [4.69, 9.17) is 63.2 Å². The van der Waals surface area contributed by atoms with Crippen molar-refractivity contribution in [3.8, 4) is 33.5 Å². The molecule has 95 heavy (non-hydrogen) atoms. The van der Waals surface area contributed by atoms with Gasteiger partial charge in [0.2, 0.25) is 0 Å². The Kier molecular flexibility index (Phi) is 24.4. The Labute approximate surface area is 594 Å². The quantitative estimate of drug-likeness (QED) is 0.0858. The van der Waals surface area contributed by atoms with E-state index in [9.17, 15) is 0 Å². The molecule has 0 amide bonds. The molecule has 1 saturated heterocycles. The molecule has 3 heterocycles. The molecule has 10 aromatic carbocycles. The molecule has 0 radical (unpaired) electrons. The van der Waals surface area contributed by atoms with E-state index in [1.807, 2.05) is 0 Å². The van der Waals surface area contributed by atoms with Crippen molar-refractivity contribution in [2.75, 3.05) is 0 Å². The fourth-order valence-corrected chi connectivity index (χ4v) is 17.0. The van der Waals surface area contributed by atoms with E-state index in [1.54, 1.807) is 6.07 Å². The van der Waals surface area contributed by atoms with Crippen LogP contribution in [-0.4, -0.2) is 38.3 Å². The molecule has 1 aliphatic heterocycles. The predicted molar refractivity (Wildman–Crippen MR) is 404 cm³/mol. The number of halogens is 5. The third kappa shape index (κ3) is 17.2. The molecule has 0 unspecified atom stereocenters. The zero-order chi connectivity index (χ0) is 67.2. The van der Waals surface area contributed by atoms with Gasteiger partial charge in [-0.25, -0.2) is 19.9 Å². The van der Waals surface area contributed by atoms with Gasteiger partial charge in [0, 0.05) is 28.5 Å². The van der Waals surface area contributed by atoms with Crippen LogP contribution >= 0.6 is 69.7 Å². The minimum atomic E-state index is -0.446. The Balaban J connectivity index is 0.000000131. The number of hydrogen-bond donors (Lipinski definition) is 0. The number of fused-ring (bicyclic) bond motifs is 6. The van der Waals surface area contributed by atoms with E-state index in [1.165, 1.54) is 95.1 Å². The second kappa shape index (κ2) is 32.6. The summed E-state index contributed by atoms with van der Waals surface area (Å²) < 4.78 is 12.5. The van der Waals surface area contributed by atoms with Gasteiger partial charge >= 0.3 is 42.1 Å². The molecule has 1 fully saturated rings. The second-order valence-electron chi connectivity index (χ2n) is 24.6. The summed E-state index contributed by atoms with van der Waals surface area (Å²) >= 11 is 16.7. The Bertz CT molecular complexity index is 4120. The summed E-state index contributed by atoms with van der Waals surface area (Å²) in [7, 11) is 8.43. The van der Waals surface area contributed by atoms with Gasteiger partial charge in [-0.05, 0) is 131 Å². The Hall–Kier alpha value is -6.68. The maximum atomic E-state index is 6.23. The van der Waals surface area contributed by atoms with Crippen LogP contribution in [0.4, 0.5) is 0 Å². The van der Waals surface area contributed by atoms with Crippen LogP contribution in [0.15, 0.2) is 292 Å². The molecule has 12 aromatic rings. The fourth-order valence-electron chi connectivity index (χ4n) is 11.9. The smallest absolute Gasteiger partial charge is 0.0134 e. The maximum Gasteiger partial charge on any atom is -0.0134 e. The molecule has 0 N–H and O–H groups in total. The number of nitrogens with zero attached hydrogens (tertiary/aromatic N) is 4. The van der Waals surface area contributed by atoms with E-state index >= 15 is 0 Å². The van der Waals surface area contributed by atoms with Crippen LogP contribution < -0.4 is 37.3 Å². The van der Waals surface area contributed by atoms with E-state index in [-0.39, 0.29) is 45.1 Å². The van der Waals surface area contributed by atoms with Gasteiger partial charge < -0.3 is 9.31 Å². The summed E-state index contributed by atoms with van der Waals surface area (Å²) in [6.07, 6.45) is 2.81. The number of hydrogen-bond acceptors (Lipinski definition) is 6. The fraction of sp³-hybridized carbons (Fsp3) is 0.150. The van der Waals surface area contributed by atoms with Gasteiger partial charge in [0.1, 0.15) is 28.1 Å². The Morgan fingerprint density at radius 2 is 0.621 bits per heavy atom. The first kappa shape index (κ1) is 71.1. The zero-order valence-electron chi connectivity index (χ0n) is 54.0. The summed E-state index contributed by atoms with van der Waals surface area (Å²) in [4.78, 5) is 15.5. The SMILES string of the molecule is CC1(C)c2ccccc2-c2ccc(-c3cc(Cl)ncn3)cc21.CC1(C)c2ccccc2-c2ccc(B3OC(C)(C)C(C)(C)O3)cc21.Clc1cc(Cl)ncn1.[Cl][Pd][Cl].c1ccc(P(c2ccccc2)c2ccccc2)cc1.c1ccc(P(c2ccccc2)c2ccccc2)cc1. The van der Waals surface area contributed by atoms with E-state index in [2.05, 4.69) is 342 Å². The number of benzene rings is 10. The Morgan fingerprint density at radius 3 is 0.958 bits per heavy atom. The van der Waals surface area contributed by atoms with E-state index in [0.29, 0.717) is 15.5 Å². The van der Waals surface area contributed by atoms with Crippen LogP contribution in [0.25, 0.3) is 33.5 Å². The van der Waals surface area contributed by atoms with Crippen LogP contribution in [0.3, 0.4) is 0 Å². The van der Waals surface area contributed by atoms with Crippen molar-refractivity contribution in [1.82, 2.24) is 19.9 Å². The molecule has 15 heteroatoms. The monoisotopic (exact) mass is 1470 g/mol. The summed E-state index contributed by atoms with van der Waals surface area (Å²) in [5.41, 5.74) is 13.2. The molecule has 0 atom stereocenters. The third-order valence-corrected chi connectivity index (χ3v) is 22.8. The van der Waals surface area contributed by atoms with Crippen molar-refractivity contribution in [1.29, 1.82) is 0 Å². The van der Waals surface area contributed by atoms with Gasteiger partial charge in [-0.2, -0.15) is 0 Å². The Morgan fingerprint density at radius 1 is 0.326 bits per heavy atom. The molecule has 482 valence electrons. The van der Waals surface area contributed by atoms with E-state index in [0.717, 1.165) is 16.7 Å². The van der Waals surface area contributed by atoms with Crippen LogP contribution in [0, 0.1) is 0 Å². The minimum absolute atomic E-state index is 0.00123. The van der Waals surface area contributed by atoms with Crippen LogP contribution in [0.2, 0.25) is 15.5 Å². The summed E-state index contributed by atoms with van der Waals surface area (Å²) in [5.74, 6) is 0. The summed E-state index contributed by atoms with van der Waals surface area (Å²) in [6.45, 7) is 17.5. The first-order chi connectivity index (χ1) is 45.8. The average molecular weight is 1480 g/mol. The third-order valence-electron chi connectivity index (χ3n) is 17.3. The zero-order valence-corrected chi connectivity index (χ0v) is 61.1. The topological polar surface area (TPSA) is 70.0 Å². The molecule has 2 aliphatic carbocycles. The van der Waals surface area contributed by atoms with Crippen molar-refractivity contribution in [3.05, 3.63) is 329 Å². The molecular weight excluding hydrogens is 1410 g/mol. The van der Waals surface area contributed by atoms with Crippen molar-refractivity contribution >= 4 is 114 Å². The van der Waals surface area contributed by atoms with E-state index < -0.39 is 15.8 Å². The molecule has 0 saturated carbocycles. The standard InChI is InChI=1S/C21H25BO2.C19H15ClN2.2C18H15P.C4H2Cl2N2.2ClH.Pd/c1-19(2)17-10-8-7-9-15(17)16-12-11-14(13-18(16)19)22-23-20(3,4)21(5,6)24-22;1-19(2)15-6-4-3-5-13(15)14-8-7-12(9-16(14)19)17-10-18(20)22-11-21-17;2*1-4-10-16(11-5-1)19(17-12-6-2-7-13-17)18-14-8-3-9-15-18;5-3-1-4(6)8-2-7-3;;;/h7-13H,1-6H3;3-11H,1-2H3;2*1-15H;1-2H;2*1H;/q;;;;;;;+2/p-2. The number of aromatic nitrogens is 4. The van der Waals surface area contributed by atoms with Gasteiger partial charge in [-0.3, -0.25) is 0 Å². The predicted octanol–water partition coefficient (Wildman–Crippen LogP) is 19.4. The summed E-state index contributed by atoms with van der Waals surface area (Å²) in [5, 5.41) is 9.59. The van der Waals surface area contributed by atoms with Gasteiger partial charge in [-0.15, -0.1) is 0 Å². The molecule has 3 aliphatic rings. The first-order valence-corrected chi connectivity index (χ1v) is 38.8. The van der Waals surface area contributed by atoms with Gasteiger partial charge in [0.25, 0.3) is 0 Å². The normalized spacial score (nSPS) is 14.2. The minimum Gasteiger partial charge on any atom is -0.0622 e. The average Bonchev–Trinajstić information content (AvgIpc) is 1.59. The van der Waals surface area contributed by atoms with Crippen LogP contribution in [0.1, 0.15) is 77.6 Å². The molecule has 6 nitrogen and oxygen atoms in total. The molecule has 0 bridgehead atoms. The van der Waals surface area contributed by atoms with Gasteiger partial charge in [-0.1, -0.05) is 323 Å². The second-order valence-corrected chi connectivity index (χ2v) is 32.6. The van der Waals surface area contributed by atoms with Crippen LogP contribution in [-0.2, 0) is 36.1 Å².